The van der Waals surface area contributed by atoms with Crippen molar-refractivity contribution in [3.05, 3.63) is 147 Å². The molecule has 0 radical (unpaired) electrons. The van der Waals surface area contributed by atoms with Gasteiger partial charge in [-0.05, 0) is 98.4 Å². The maximum absolute atomic E-state index is 14.2. The topological polar surface area (TPSA) is 380 Å². The molecule has 27 nitrogen and oxygen atoms in total. The number of nitrogens with one attached hydrogen (secondary N) is 2. The lowest BCUT2D eigenvalue weighted by Crippen LogP contribution is -2.45. The van der Waals surface area contributed by atoms with Crippen LogP contribution in [0.4, 0.5) is 17.3 Å². The second kappa shape index (κ2) is 24.5. The monoisotopic (exact) mass is 1280 g/mol. The molecule has 6 aliphatic heterocycles. The molecule has 30 heteroatoms. The van der Waals surface area contributed by atoms with Crippen molar-refractivity contribution >= 4 is 69.6 Å². The zero-order chi connectivity index (χ0) is 62.8. The molecule has 6 aromatic rings. The Morgan fingerprint density at radius 1 is 0.966 bits per heavy atom. The summed E-state index contributed by atoms with van der Waals surface area (Å²) in [6.45, 7) is 6.34. The van der Waals surface area contributed by atoms with Gasteiger partial charge in [-0.1, -0.05) is 31.8 Å². The number of carbonyl (C=O) groups is 2. The first-order valence-electron chi connectivity index (χ1n) is 29.1. The first-order chi connectivity index (χ1) is 42.4. The highest BCUT2D eigenvalue weighted by Crippen LogP contribution is 2.66. The number of hydrogen-bond acceptors (Lipinski definition) is 18. The molecule has 0 aliphatic carbocycles. The third-order valence-electron chi connectivity index (χ3n) is 16.8. The van der Waals surface area contributed by atoms with Gasteiger partial charge in [0.15, 0.2) is 11.9 Å². The van der Waals surface area contributed by atoms with Crippen LogP contribution in [0, 0.1) is 27.9 Å². The lowest BCUT2D eigenvalue weighted by molar-refractivity contribution is -0.386. The van der Waals surface area contributed by atoms with Crippen LogP contribution in [0.2, 0.25) is 0 Å². The second-order valence-corrected chi connectivity index (χ2v) is 27.7. The number of aromatic amines is 1. The Labute approximate surface area is 507 Å². The highest BCUT2D eigenvalue weighted by atomic mass is 31.3. The molecule has 6 aliphatic rings. The zero-order valence-corrected chi connectivity index (χ0v) is 51.0. The Balaban J connectivity index is 0.778. The van der Waals surface area contributed by atoms with Gasteiger partial charge in [0.1, 0.15) is 36.9 Å². The standard InChI is InChI=1S/C59H63N8O19P3/c1-32(2)22-47(81-30-38-28-66(56-50(38)58(71)63-59(60)62-56)49-27-46(69)48(83-49)31-82-88(77,78)86-89(79,80)85-87(74,75)76)39-16-13-33(23-45(39)67(72)73)8-3-17-61-57(70)36-14-15-37(29-68)42(26-36)51-43-24-34-9-4-18-64-20-6-11-40(52(34)64)54(43)84-55-41-12-7-21-65-19-5-10-35(53(41)65)25-44(51)55/h13-16,23-26,28-29,32,46-49,69H,4-7,9-12,17-22,27,30-31H2,1-2H3,(H7-,60,61,62,63,70,71,74,75,76,77,78,79,80)/p+1/t46-,47-,48-,49-/m1/s1. The van der Waals surface area contributed by atoms with E-state index in [0.29, 0.717) is 16.7 Å². The van der Waals surface area contributed by atoms with E-state index in [1.54, 1.807) is 24.3 Å². The van der Waals surface area contributed by atoms with Crippen molar-refractivity contribution in [2.24, 2.45) is 5.92 Å². The smallest absolute Gasteiger partial charge is 0.455 e. The van der Waals surface area contributed by atoms with E-state index in [1.807, 2.05) is 13.8 Å². The number of aliphatic hydroxyl groups excluding tert-OH is 1. The lowest BCUT2D eigenvalue weighted by atomic mass is 9.81. The fraction of sp³-hybridized carbons (Fsp3) is 0.407. The largest absolute Gasteiger partial charge is 0.490 e. The number of carbonyl (C=O) groups excluding carboxylic acids is 2. The number of fused-ring (bicyclic) bond motifs is 5. The summed E-state index contributed by atoms with van der Waals surface area (Å²) in [5.41, 5.74) is 14.9. The quantitative estimate of drug-likeness (QED) is 0.0123. The number of nitro benzene ring substituents is 1. The van der Waals surface area contributed by atoms with Crippen molar-refractivity contribution in [1.29, 1.82) is 0 Å². The average molecular weight is 1280 g/mol. The number of aryl methyl sites for hydroxylation is 2. The van der Waals surface area contributed by atoms with Gasteiger partial charge < -0.3 is 59.4 Å². The van der Waals surface area contributed by atoms with E-state index in [2.05, 4.69) is 61.9 Å². The second-order valence-electron chi connectivity index (χ2n) is 23.2. The molecule has 0 saturated carbocycles. The Hall–Kier alpha value is -7.24. The molecule has 0 bridgehead atoms. The summed E-state index contributed by atoms with van der Waals surface area (Å²) in [5.74, 6) is 6.71. The molecule has 12 rings (SSSR count). The third-order valence-corrected chi connectivity index (χ3v) is 20.6. The fourth-order valence-electron chi connectivity index (χ4n) is 13.2. The number of ether oxygens (including phenoxy) is 3. The van der Waals surface area contributed by atoms with Crippen LogP contribution >= 0.6 is 23.5 Å². The first-order valence-corrected chi connectivity index (χ1v) is 33.7. The molecule has 0 spiro atoms. The average Bonchev–Trinajstić information content (AvgIpc) is 1.69. The molecule has 4 aromatic carbocycles. The molecule has 1 amide bonds. The van der Waals surface area contributed by atoms with Crippen LogP contribution < -0.4 is 41.4 Å². The molecule has 1 fully saturated rings. The number of nitrogens with zero attached hydrogens (tertiary/aromatic N) is 5. The molecular formula is C59H64N8O19P3+. The minimum absolute atomic E-state index is 0.0183. The Kier molecular flexibility index (Phi) is 17.1. The van der Waals surface area contributed by atoms with Crippen molar-refractivity contribution in [3.63, 3.8) is 0 Å². The number of rotatable bonds is 19. The number of benzene rings is 4. The highest BCUT2D eigenvalue weighted by Gasteiger charge is 2.44. The highest BCUT2D eigenvalue weighted by molar-refractivity contribution is 7.66. The number of nitrogen functional groups attached to an aromatic ring is 1. The van der Waals surface area contributed by atoms with Gasteiger partial charge in [0.05, 0.1) is 53.4 Å². The first kappa shape index (κ1) is 62.0. The maximum atomic E-state index is 14.2. The third kappa shape index (κ3) is 12.7. The summed E-state index contributed by atoms with van der Waals surface area (Å²) in [4.78, 5) is 99.4. The Morgan fingerprint density at radius 3 is 2.47 bits per heavy atom. The van der Waals surface area contributed by atoms with Crippen LogP contribution in [0.1, 0.15) is 135 Å². The summed E-state index contributed by atoms with van der Waals surface area (Å²) in [6.07, 6.45) is 4.99. The van der Waals surface area contributed by atoms with Crippen molar-refractivity contribution in [2.75, 3.05) is 50.0 Å². The Morgan fingerprint density at radius 2 is 1.72 bits per heavy atom. The molecule has 2 aromatic heterocycles. The molecule has 468 valence electrons. The number of nitrogens with two attached hydrogens (primary N) is 1. The summed E-state index contributed by atoms with van der Waals surface area (Å²) < 4.78 is 70.8. The van der Waals surface area contributed by atoms with Gasteiger partial charge in [0, 0.05) is 100 Å². The number of phosphoric ester groups is 1. The maximum Gasteiger partial charge on any atom is 0.490 e. The van der Waals surface area contributed by atoms with Gasteiger partial charge >= 0.3 is 23.5 Å². The van der Waals surface area contributed by atoms with Crippen LogP contribution in [-0.2, 0) is 68.6 Å². The van der Waals surface area contributed by atoms with Crippen molar-refractivity contribution < 1.29 is 80.2 Å². The molecule has 8 heterocycles. The molecule has 1 saturated heterocycles. The van der Waals surface area contributed by atoms with Crippen LogP contribution in [0.25, 0.3) is 16.6 Å². The number of phosphoric acid groups is 3. The van der Waals surface area contributed by atoms with Gasteiger partial charge in [-0.3, -0.25) is 34.0 Å². The molecule has 89 heavy (non-hydrogen) atoms. The van der Waals surface area contributed by atoms with E-state index in [0.717, 1.165) is 112 Å². The number of aldehydes is 1. The van der Waals surface area contributed by atoms with Gasteiger partial charge in [-0.15, -0.1) is 0 Å². The van der Waals surface area contributed by atoms with Gasteiger partial charge in [-0.2, -0.15) is 13.6 Å². The molecular weight excluding hydrogens is 1220 g/mol. The number of anilines is 2. The predicted molar refractivity (Wildman–Crippen MR) is 321 cm³/mol. The van der Waals surface area contributed by atoms with E-state index in [4.69, 9.17) is 29.7 Å². The van der Waals surface area contributed by atoms with Gasteiger partial charge in [-0.25, -0.2) is 18.3 Å². The minimum Gasteiger partial charge on any atom is -0.455 e. The normalized spacial score (nSPS) is 20.0. The Bertz CT molecular complexity index is 4360. The molecule has 9 N–H and O–H groups in total. The fourth-order valence-corrected chi connectivity index (χ4v) is 16.3. The number of hydrogen-bond donors (Lipinski definition) is 8. The van der Waals surface area contributed by atoms with Crippen LogP contribution in [0.3, 0.4) is 0 Å². The van der Waals surface area contributed by atoms with Crippen LogP contribution in [0.5, 0.6) is 11.5 Å². The zero-order valence-electron chi connectivity index (χ0n) is 48.3. The van der Waals surface area contributed by atoms with E-state index < -0.39 is 71.0 Å². The summed E-state index contributed by atoms with van der Waals surface area (Å²) in [5, 5.41) is 28.8. The molecule has 6 atom stereocenters. The van der Waals surface area contributed by atoms with Crippen molar-refractivity contribution in [2.45, 2.75) is 109 Å². The van der Waals surface area contributed by atoms with Gasteiger partial charge in [0.25, 0.3) is 17.2 Å². The predicted octanol–water partition coefficient (Wildman–Crippen LogP) is 5.54. The SMILES string of the molecule is CC(C)C[C@@H](OCc1cn([C@H]2C[C@@H](O)[C@@H](COP(=O)(O)OP(=O)(O)OP(=O)(O)O)O2)c2nc(N)[nH]c(=O)c12)c1ccc(C#CCNC(=O)c2ccc(C=O)c(C3=c4cc5c6c(c4Oc4c3cc3c7c4CCCN7CCC3)CCC[N+]=6CCC5)c2)cc1[N+](=O)[O-]. The number of H-pyrrole nitrogens is 1. The van der Waals surface area contributed by atoms with Crippen LogP contribution in [-0.4, -0.2) is 108 Å². The van der Waals surface area contributed by atoms with E-state index in [1.165, 1.54) is 56.2 Å². The summed E-state index contributed by atoms with van der Waals surface area (Å²) in [6, 6.07) is 14.0. The van der Waals surface area contributed by atoms with Gasteiger partial charge in [0.2, 0.25) is 11.3 Å². The van der Waals surface area contributed by atoms with Crippen molar-refractivity contribution in [3.8, 4) is 23.3 Å². The number of amides is 1. The molecule has 2 unspecified atom stereocenters. The number of aromatic nitrogens is 3. The van der Waals surface area contributed by atoms with E-state index in [9.17, 15) is 53.1 Å². The number of nitro groups is 1. The van der Waals surface area contributed by atoms with Crippen LogP contribution in [0.15, 0.2) is 59.5 Å². The lowest BCUT2D eigenvalue weighted by Gasteiger charge is -2.39. The summed E-state index contributed by atoms with van der Waals surface area (Å²) >= 11 is 0. The number of aliphatic hydroxyl groups is 1. The van der Waals surface area contributed by atoms with Crippen molar-refractivity contribution in [1.82, 2.24) is 24.4 Å². The van der Waals surface area contributed by atoms with E-state index in [-0.39, 0.29) is 71.3 Å². The minimum atomic E-state index is -5.83. The van der Waals surface area contributed by atoms with E-state index >= 15 is 0 Å². The summed E-state index contributed by atoms with van der Waals surface area (Å²) in [7, 11) is -17.1.